The summed E-state index contributed by atoms with van der Waals surface area (Å²) in [5, 5.41) is 0. The minimum Gasteiger partial charge on any atom is -0.330 e. The van der Waals surface area contributed by atoms with Crippen LogP contribution >= 0.6 is 0 Å². The topological polar surface area (TPSA) is 72.2 Å². The Kier molecular flexibility index (Phi) is 26.4. The third-order valence-corrected chi connectivity index (χ3v) is 8.19. The lowest BCUT2D eigenvalue weighted by molar-refractivity contribution is 0.535. The van der Waals surface area contributed by atoms with Crippen molar-refractivity contribution in [2.75, 3.05) is 18.8 Å². The molecule has 0 aliphatic carbocycles. The molecule has 3 N–H and O–H groups in total. The molecule has 0 spiro atoms. The second-order valence-electron chi connectivity index (χ2n) is 10.1. The second kappa shape index (κ2) is 26.5. The normalized spacial score (nSPS) is 11.9. The average molecular weight is 489 g/mol. The molecule has 5 heteroatoms. The summed E-state index contributed by atoms with van der Waals surface area (Å²) in [6.45, 7) is 3.71. The van der Waals surface area contributed by atoms with Gasteiger partial charge in [0.25, 0.3) is 0 Å². The number of hydrogen-bond acceptors (Lipinski definition) is 3. The molecule has 0 aromatic rings. The van der Waals surface area contributed by atoms with Gasteiger partial charge in [0, 0.05) is 6.54 Å². The summed E-state index contributed by atoms with van der Waals surface area (Å²) >= 11 is 0. The Morgan fingerprint density at radius 1 is 0.485 bits per heavy atom. The highest BCUT2D eigenvalue weighted by atomic mass is 32.2. The van der Waals surface area contributed by atoms with Crippen molar-refractivity contribution in [2.24, 2.45) is 5.73 Å². The number of hydrogen-bond donors (Lipinski definition) is 2. The zero-order chi connectivity index (χ0) is 24.3. The van der Waals surface area contributed by atoms with Crippen LogP contribution in [0.5, 0.6) is 0 Å². The van der Waals surface area contributed by atoms with Crippen molar-refractivity contribution >= 4 is 10.0 Å². The molecule has 0 aromatic carbocycles. The number of rotatable bonds is 28. The quantitative estimate of drug-likeness (QED) is 0.109. The van der Waals surface area contributed by atoms with Gasteiger partial charge in [-0.1, -0.05) is 142 Å². The van der Waals surface area contributed by atoms with Crippen LogP contribution < -0.4 is 10.5 Å². The molecule has 200 valence electrons. The minimum atomic E-state index is -3.07. The molecule has 0 rings (SSSR count). The van der Waals surface area contributed by atoms with Crippen molar-refractivity contribution in [3.63, 3.8) is 0 Å². The summed E-state index contributed by atoms with van der Waals surface area (Å²) in [4.78, 5) is 0. The van der Waals surface area contributed by atoms with Gasteiger partial charge >= 0.3 is 0 Å². The highest BCUT2D eigenvalue weighted by Crippen LogP contribution is 2.13. The SMILES string of the molecule is CCCCCCCCCCCCCCCCS(=O)(=O)NCCCCCCCCCCCCN. The zero-order valence-electron chi connectivity index (χ0n) is 22.4. The molecule has 0 heterocycles. The maximum absolute atomic E-state index is 12.1. The molecule has 0 radical (unpaired) electrons. The fourth-order valence-electron chi connectivity index (χ4n) is 4.47. The van der Waals surface area contributed by atoms with Gasteiger partial charge in [0.2, 0.25) is 10.0 Å². The lowest BCUT2D eigenvalue weighted by Crippen LogP contribution is -2.27. The van der Waals surface area contributed by atoms with E-state index in [4.69, 9.17) is 5.73 Å². The van der Waals surface area contributed by atoms with E-state index < -0.39 is 10.0 Å². The standard InChI is InChI=1S/C28H60N2O2S/c1-2-3-4-5-6-7-8-9-10-13-16-19-22-25-28-33(31,32)30-27-24-21-18-15-12-11-14-17-20-23-26-29/h30H,2-29H2,1H3. The van der Waals surface area contributed by atoms with Crippen LogP contribution in [-0.4, -0.2) is 27.3 Å². The lowest BCUT2D eigenvalue weighted by atomic mass is 10.0. The van der Waals surface area contributed by atoms with Gasteiger partial charge in [-0.3, -0.25) is 0 Å². The fraction of sp³-hybridized carbons (Fsp3) is 1.00. The van der Waals surface area contributed by atoms with Gasteiger partial charge in [-0.2, -0.15) is 0 Å². The first-order chi connectivity index (χ1) is 16.1. The summed E-state index contributed by atoms with van der Waals surface area (Å²) in [5.41, 5.74) is 5.51. The monoisotopic (exact) mass is 488 g/mol. The van der Waals surface area contributed by atoms with Crippen molar-refractivity contribution in [2.45, 2.75) is 161 Å². The molecule has 0 amide bonds. The predicted molar refractivity (Wildman–Crippen MR) is 147 cm³/mol. The van der Waals surface area contributed by atoms with Gasteiger partial charge in [0.15, 0.2) is 0 Å². The van der Waals surface area contributed by atoms with E-state index >= 15 is 0 Å². The molecular formula is C28H60N2O2S. The molecule has 0 fully saturated rings. The maximum atomic E-state index is 12.1. The van der Waals surface area contributed by atoms with Crippen LogP contribution in [0.2, 0.25) is 0 Å². The fourth-order valence-corrected chi connectivity index (χ4v) is 5.65. The number of sulfonamides is 1. The van der Waals surface area contributed by atoms with E-state index in [1.54, 1.807) is 0 Å². The molecule has 33 heavy (non-hydrogen) atoms. The molecule has 0 saturated carbocycles. The third-order valence-electron chi connectivity index (χ3n) is 6.72. The van der Waals surface area contributed by atoms with E-state index in [0.29, 0.717) is 12.3 Å². The van der Waals surface area contributed by atoms with E-state index in [0.717, 1.165) is 38.6 Å². The molecule has 0 aromatic heterocycles. The number of nitrogens with two attached hydrogens (primary N) is 1. The molecule has 0 aliphatic rings. The minimum absolute atomic E-state index is 0.301. The Morgan fingerprint density at radius 3 is 1.21 bits per heavy atom. The van der Waals surface area contributed by atoms with Crippen molar-refractivity contribution < 1.29 is 8.42 Å². The van der Waals surface area contributed by atoms with Gasteiger partial charge in [-0.25, -0.2) is 13.1 Å². The summed E-state index contributed by atoms with van der Waals surface area (Å²) in [6.07, 6.45) is 30.4. The highest BCUT2D eigenvalue weighted by Gasteiger charge is 2.08. The Hall–Kier alpha value is -0.130. The average Bonchev–Trinajstić information content (AvgIpc) is 2.80. The van der Waals surface area contributed by atoms with Gasteiger partial charge in [-0.15, -0.1) is 0 Å². The first-order valence-corrected chi connectivity index (χ1v) is 16.4. The summed E-state index contributed by atoms with van der Waals surface area (Å²) in [7, 11) is -3.07. The molecule has 0 unspecified atom stereocenters. The van der Waals surface area contributed by atoms with E-state index in [9.17, 15) is 8.42 Å². The van der Waals surface area contributed by atoms with Crippen LogP contribution in [0.1, 0.15) is 161 Å². The second-order valence-corrected chi connectivity index (χ2v) is 12.1. The first-order valence-electron chi connectivity index (χ1n) is 14.8. The van der Waals surface area contributed by atoms with E-state index in [-0.39, 0.29) is 0 Å². The third kappa shape index (κ3) is 28.0. The van der Waals surface area contributed by atoms with Crippen LogP contribution in [0, 0.1) is 0 Å². The molecular weight excluding hydrogens is 428 g/mol. The molecule has 0 saturated heterocycles. The zero-order valence-corrected chi connectivity index (χ0v) is 23.2. The van der Waals surface area contributed by atoms with Crippen LogP contribution in [0.4, 0.5) is 0 Å². The molecule has 4 nitrogen and oxygen atoms in total. The number of unbranched alkanes of at least 4 members (excludes halogenated alkanes) is 22. The highest BCUT2D eigenvalue weighted by molar-refractivity contribution is 7.89. The van der Waals surface area contributed by atoms with Crippen molar-refractivity contribution in [3.05, 3.63) is 0 Å². The summed E-state index contributed by atoms with van der Waals surface area (Å²) in [5.74, 6) is 0.301. The van der Waals surface area contributed by atoms with E-state index in [2.05, 4.69) is 11.6 Å². The van der Waals surface area contributed by atoms with Crippen LogP contribution in [0.15, 0.2) is 0 Å². The van der Waals surface area contributed by atoms with Gasteiger partial charge in [0.05, 0.1) is 5.75 Å². The Balaban J connectivity index is 3.30. The van der Waals surface area contributed by atoms with E-state index in [1.165, 1.54) is 122 Å². The summed E-state index contributed by atoms with van der Waals surface area (Å²) in [6, 6.07) is 0. The lowest BCUT2D eigenvalue weighted by Gasteiger charge is -2.07. The van der Waals surface area contributed by atoms with Gasteiger partial charge in [-0.05, 0) is 25.8 Å². The van der Waals surface area contributed by atoms with Crippen LogP contribution in [-0.2, 0) is 10.0 Å². The summed E-state index contributed by atoms with van der Waals surface area (Å²) < 4.78 is 27.0. The first kappa shape index (κ1) is 32.9. The smallest absolute Gasteiger partial charge is 0.211 e. The van der Waals surface area contributed by atoms with Crippen molar-refractivity contribution in [1.82, 2.24) is 4.72 Å². The van der Waals surface area contributed by atoms with Crippen LogP contribution in [0.3, 0.4) is 0 Å². The van der Waals surface area contributed by atoms with E-state index in [1.807, 2.05) is 0 Å². The molecule has 0 aliphatic heterocycles. The molecule has 0 bridgehead atoms. The van der Waals surface area contributed by atoms with Crippen LogP contribution in [0.25, 0.3) is 0 Å². The Morgan fingerprint density at radius 2 is 0.818 bits per heavy atom. The maximum Gasteiger partial charge on any atom is 0.211 e. The van der Waals surface area contributed by atoms with Gasteiger partial charge < -0.3 is 5.73 Å². The predicted octanol–water partition coefficient (Wildman–Crippen LogP) is 8.25. The largest absolute Gasteiger partial charge is 0.330 e. The Bertz CT molecular complexity index is 469. The Labute approximate surface area is 208 Å². The van der Waals surface area contributed by atoms with Crippen molar-refractivity contribution in [3.8, 4) is 0 Å². The van der Waals surface area contributed by atoms with Crippen molar-refractivity contribution in [1.29, 1.82) is 0 Å². The number of nitrogens with one attached hydrogen (secondary N) is 1. The van der Waals surface area contributed by atoms with Gasteiger partial charge in [0.1, 0.15) is 0 Å². The molecule has 0 atom stereocenters.